The van der Waals surface area contributed by atoms with E-state index in [9.17, 15) is 13.2 Å². The van der Waals surface area contributed by atoms with E-state index in [1.807, 2.05) is 157 Å². The van der Waals surface area contributed by atoms with Crippen LogP contribution in [0, 0.1) is 48.5 Å². The Bertz CT molecular complexity index is 2170. The molecule has 0 aliphatic carbocycles. The van der Waals surface area contributed by atoms with Gasteiger partial charge in [0.15, 0.2) is 5.78 Å². The van der Waals surface area contributed by atoms with E-state index < -0.39 is 9.84 Å². The van der Waals surface area contributed by atoms with Crippen LogP contribution in [0.1, 0.15) is 68.7 Å². The summed E-state index contributed by atoms with van der Waals surface area (Å²) >= 11 is 0. The van der Waals surface area contributed by atoms with Crippen LogP contribution in [0.5, 0.6) is 11.5 Å². The number of ketones is 1. The number of carbonyl (C=O) groups is 1. The molecule has 294 valence electrons. The molecule has 7 rings (SSSR count). The molecule has 0 saturated carbocycles. The first-order valence-corrected chi connectivity index (χ1v) is 20.7. The number of rotatable bonds is 6. The summed E-state index contributed by atoms with van der Waals surface area (Å²) in [6, 6.07) is 55.5. The highest BCUT2D eigenvalue weighted by molar-refractivity contribution is 7.91. The summed E-state index contributed by atoms with van der Waals surface area (Å²) in [5.74, 6) is 1.84. The van der Waals surface area contributed by atoms with E-state index in [1.54, 1.807) is 48.5 Å². The van der Waals surface area contributed by atoms with Gasteiger partial charge in [-0.3, -0.25) is 4.79 Å². The summed E-state index contributed by atoms with van der Waals surface area (Å²) in [7, 11) is -3.37. The highest BCUT2D eigenvalue weighted by Gasteiger charge is 2.16. The molecule has 4 nitrogen and oxygen atoms in total. The lowest BCUT2D eigenvalue weighted by Crippen LogP contribution is -2.01. The highest BCUT2D eigenvalue weighted by atomic mass is 32.2. The van der Waals surface area contributed by atoms with E-state index >= 15 is 0 Å². The van der Waals surface area contributed by atoms with Gasteiger partial charge in [-0.15, -0.1) is 0 Å². The van der Waals surface area contributed by atoms with Gasteiger partial charge in [0.1, 0.15) is 11.5 Å². The third-order valence-corrected chi connectivity index (χ3v) is 10.3. The third-order valence-electron chi connectivity index (χ3n) is 8.51. The van der Waals surface area contributed by atoms with Gasteiger partial charge in [-0.1, -0.05) is 180 Å². The number of sulfone groups is 1. The van der Waals surface area contributed by atoms with E-state index in [-0.39, 0.29) is 5.78 Å². The Morgan fingerprint density at radius 3 is 0.860 bits per heavy atom. The van der Waals surface area contributed by atoms with Crippen LogP contribution in [0.15, 0.2) is 186 Å². The van der Waals surface area contributed by atoms with E-state index in [0.29, 0.717) is 9.79 Å². The lowest BCUT2D eigenvalue weighted by atomic mass is 10.0. The fraction of sp³-hybridized carbons (Fsp3) is 0.173. The van der Waals surface area contributed by atoms with Gasteiger partial charge in [-0.2, -0.15) is 0 Å². The Hall–Kier alpha value is -6.04. The standard InChI is InChI=1S/C15H14O.C14H14O2S.C14H14O.C7H8.C2H6/c1-11-3-7-13(8-4-11)15(16)14-9-5-12(2)6-10-14;1-11-3-7-13(8-4-11)17(15,16)14-9-5-12(2)6-10-14;1-11-3-7-13(8-4-11)15-14-9-5-12(2)6-10-14;1-7-5-3-2-4-6-7;1-2/h3-10H,1-2H3;3-10H,1-2H3;3-10H,1-2H3;2-6H,1H3;1-2H3. The van der Waals surface area contributed by atoms with Crippen LogP contribution in [0.3, 0.4) is 0 Å². The molecule has 0 radical (unpaired) electrons. The summed E-state index contributed by atoms with van der Waals surface area (Å²) in [5, 5.41) is 0. The van der Waals surface area contributed by atoms with Crippen LogP contribution >= 0.6 is 0 Å². The lowest BCUT2D eigenvalue weighted by Gasteiger charge is -2.05. The Kier molecular flexibility index (Phi) is 18.4. The summed E-state index contributed by atoms with van der Waals surface area (Å²) in [6.07, 6.45) is 0. The minimum atomic E-state index is -3.37. The molecule has 7 aromatic carbocycles. The van der Waals surface area contributed by atoms with Gasteiger partial charge in [-0.05, 0) is 97.0 Å². The third kappa shape index (κ3) is 15.6. The molecule has 0 heterocycles. The fourth-order valence-electron chi connectivity index (χ4n) is 5.03. The molecule has 0 aromatic heterocycles. The average Bonchev–Trinajstić information content (AvgIpc) is 3.22. The quantitative estimate of drug-likeness (QED) is 0.158. The SMILES string of the molecule is CC.Cc1ccc(C(=O)c2ccc(C)cc2)cc1.Cc1ccc(Oc2ccc(C)cc2)cc1.Cc1ccc(S(=O)(=O)c2ccc(C)cc2)cc1.Cc1ccccc1. The first-order chi connectivity index (χ1) is 27.3. The van der Waals surface area contributed by atoms with Crippen molar-refractivity contribution in [2.24, 2.45) is 0 Å². The molecule has 0 atom stereocenters. The van der Waals surface area contributed by atoms with Gasteiger partial charge in [0.25, 0.3) is 0 Å². The number of carbonyl (C=O) groups excluding carboxylic acids is 1. The van der Waals surface area contributed by atoms with Crippen LogP contribution in [0.4, 0.5) is 0 Å². The first-order valence-electron chi connectivity index (χ1n) is 19.2. The molecular formula is C52H56O4S. The second kappa shape index (κ2) is 23.1. The zero-order valence-corrected chi connectivity index (χ0v) is 35.6. The van der Waals surface area contributed by atoms with Crippen molar-refractivity contribution in [1.29, 1.82) is 0 Å². The molecule has 0 fully saturated rings. The van der Waals surface area contributed by atoms with Crippen molar-refractivity contribution in [2.75, 3.05) is 0 Å². The second-order valence-electron chi connectivity index (χ2n) is 13.6. The molecule has 0 bridgehead atoms. The Labute approximate surface area is 341 Å². The molecular weight excluding hydrogens is 721 g/mol. The van der Waals surface area contributed by atoms with Gasteiger partial charge in [0.05, 0.1) is 9.79 Å². The second-order valence-corrected chi connectivity index (χ2v) is 15.5. The van der Waals surface area contributed by atoms with Crippen molar-refractivity contribution in [3.05, 3.63) is 226 Å². The smallest absolute Gasteiger partial charge is 0.206 e. The summed E-state index contributed by atoms with van der Waals surface area (Å²) in [5.41, 5.74) is 9.73. The average molecular weight is 777 g/mol. The molecule has 0 amide bonds. The van der Waals surface area contributed by atoms with Crippen molar-refractivity contribution in [3.63, 3.8) is 0 Å². The monoisotopic (exact) mass is 776 g/mol. The normalized spacial score (nSPS) is 10.1. The fourth-order valence-corrected chi connectivity index (χ4v) is 6.29. The Morgan fingerprint density at radius 1 is 0.351 bits per heavy atom. The van der Waals surface area contributed by atoms with Crippen LogP contribution < -0.4 is 4.74 Å². The number of hydrogen-bond donors (Lipinski definition) is 0. The molecule has 0 unspecified atom stereocenters. The topological polar surface area (TPSA) is 60.4 Å². The maximum absolute atomic E-state index is 12.3. The number of hydrogen-bond acceptors (Lipinski definition) is 4. The molecule has 5 heteroatoms. The predicted octanol–water partition coefficient (Wildman–Crippen LogP) is 13.8. The van der Waals surface area contributed by atoms with E-state index in [1.165, 1.54) is 27.8 Å². The first kappa shape index (κ1) is 45.4. The maximum Gasteiger partial charge on any atom is 0.206 e. The summed E-state index contributed by atoms with van der Waals surface area (Å²) < 4.78 is 30.2. The molecule has 57 heavy (non-hydrogen) atoms. The minimum Gasteiger partial charge on any atom is -0.457 e. The number of ether oxygens (including phenoxy) is 1. The zero-order chi connectivity index (χ0) is 41.8. The Balaban J connectivity index is 0.000000207. The van der Waals surface area contributed by atoms with E-state index in [0.717, 1.165) is 33.8 Å². The number of benzene rings is 7. The number of aryl methyl sites for hydroxylation is 7. The molecule has 0 aliphatic heterocycles. The van der Waals surface area contributed by atoms with Crippen molar-refractivity contribution < 1.29 is 17.9 Å². The van der Waals surface area contributed by atoms with Crippen LogP contribution in [-0.4, -0.2) is 14.2 Å². The predicted molar refractivity (Wildman–Crippen MR) is 239 cm³/mol. The van der Waals surface area contributed by atoms with Gasteiger partial charge in [0, 0.05) is 11.1 Å². The van der Waals surface area contributed by atoms with E-state index in [2.05, 4.69) is 32.9 Å². The molecule has 0 saturated heterocycles. The van der Waals surface area contributed by atoms with Gasteiger partial charge in [-0.25, -0.2) is 8.42 Å². The zero-order valence-electron chi connectivity index (χ0n) is 34.8. The summed E-state index contributed by atoms with van der Waals surface area (Å²) in [4.78, 5) is 12.7. The van der Waals surface area contributed by atoms with E-state index in [4.69, 9.17) is 4.74 Å². The van der Waals surface area contributed by atoms with Gasteiger partial charge >= 0.3 is 0 Å². The highest BCUT2D eigenvalue weighted by Crippen LogP contribution is 2.23. The van der Waals surface area contributed by atoms with Crippen molar-refractivity contribution in [2.45, 2.75) is 72.1 Å². The molecule has 0 spiro atoms. The lowest BCUT2D eigenvalue weighted by molar-refractivity contribution is 0.103. The molecule has 0 N–H and O–H groups in total. The molecule has 7 aromatic rings. The van der Waals surface area contributed by atoms with Gasteiger partial charge < -0.3 is 4.74 Å². The van der Waals surface area contributed by atoms with Crippen molar-refractivity contribution in [3.8, 4) is 11.5 Å². The largest absolute Gasteiger partial charge is 0.457 e. The minimum absolute atomic E-state index is 0.0833. The van der Waals surface area contributed by atoms with Crippen molar-refractivity contribution >= 4 is 15.6 Å². The maximum atomic E-state index is 12.3. The summed E-state index contributed by atoms with van der Waals surface area (Å²) in [6.45, 7) is 18.1. The van der Waals surface area contributed by atoms with Crippen LogP contribution in [-0.2, 0) is 9.84 Å². The van der Waals surface area contributed by atoms with Gasteiger partial charge in [0.2, 0.25) is 9.84 Å². The Morgan fingerprint density at radius 2 is 0.596 bits per heavy atom. The van der Waals surface area contributed by atoms with Crippen molar-refractivity contribution in [1.82, 2.24) is 0 Å². The molecule has 0 aliphatic rings. The van der Waals surface area contributed by atoms with Crippen LogP contribution in [0.2, 0.25) is 0 Å². The van der Waals surface area contributed by atoms with Crippen LogP contribution in [0.25, 0.3) is 0 Å².